The average Bonchev–Trinajstić information content (AvgIpc) is 2.09. The lowest BCUT2D eigenvalue weighted by Crippen LogP contribution is -1.77. The molecular weight excluding hydrogens is 190 g/mol. The summed E-state index contributed by atoms with van der Waals surface area (Å²) < 4.78 is 0. The molecule has 1 nitrogen and oxygen atoms in total. The van der Waals surface area contributed by atoms with E-state index >= 15 is 0 Å². The van der Waals surface area contributed by atoms with Crippen LogP contribution in [0.3, 0.4) is 0 Å². The Kier molecular flexibility index (Phi) is 3.99. The van der Waals surface area contributed by atoms with Crippen molar-refractivity contribution in [2.75, 3.05) is 5.75 Å². The normalized spacial score (nSPS) is 9.33. The van der Waals surface area contributed by atoms with E-state index in [1.54, 1.807) is 11.8 Å². The maximum Gasteiger partial charge on any atom is 0.0630 e. The van der Waals surface area contributed by atoms with Crippen LogP contribution in [-0.2, 0) is 0 Å². The summed E-state index contributed by atoms with van der Waals surface area (Å²) >= 11 is 7.52. The van der Waals surface area contributed by atoms with Crippen LogP contribution in [0.4, 0.5) is 0 Å². The van der Waals surface area contributed by atoms with Gasteiger partial charge in [-0.1, -0.05) is 23.7 Å². The molecule has 0 aromatic heterocycles. The maximum atomic E-state index is 8.32. The van der Waals surface area contributed by atoms with Gasteiger partial charge in [-0.05, 0) is 12.1 Å². The highest BCUT2D eigenvalue weighted by Gasteiger charge is 1.97. The summed E-state index contributed by atoms with van der Waals surface area (Å²) in [5.41, 5.74) is 0. The number of thioether (sulfide) groups is 1. The zero-order valence-corrected chi connectivity index (χ0v) is 8.03. The van der Waals surface area contributed by atoms with Crippen LogP contribution in [0.2, 0.25) is 5.02 Å². The Hall–Kier alpha value is -0.650. The SMILES string of the molecule is N#CCCSc1ccccc1Cl. The average molecular weight is 198 g/mol. The van der Waals surface area contributed by atoms with Gasteiger partial charge in [0.25, 0.3) is 0 Å². The number of halogens is 1. The van der Waals surface area contributed by atoms with E-state index in [4.69, 9.17) is 16.9 Å². The van der Waals surface area contributed by atoms with Gasteiger partial charge in [0.2, 0.25) is 0 Å². The Morgan fingerprint density at radius 1 is 1.42 bits per heavy atom. The van der Waals surface area contributed by atoms with E-state index in [-0.39, 0.29) is 0 Å². The van der Waals surface area contributed by atoms with Gasteiger partial charge in [0.05, 0.1) is 11.1 Å². The minimum atomic E-state index is 0.565. The van der Waals surface area contributed by atoms with Gasteiger partial charge in [-0.15, -0.1) is 11.8 Å². The van der Waals surface area contributed by atoms with Gasteiger partial charge in [-0.2, -0.15) is 5.26 Å². The maximum absolute atomic E-state index is 8.32. The minimum absolute atomic E-state index is 0.565. The lowest BCUT2D eigenvalue weighted by molar-refractivity contribution is 1.23. The van der Waals surface area contributed by atoms with Crippen molar-refractivity contribution >= 4 is 23.4 Å². The van der Waals surface area contributed by atoms with Crippen LogP contribution in [0.5, 0.6) is 0 Å². The summed E-state index contributed by atoms with van der Waals surface area (Å²) in [5.74, 6) is 0.806. The Labute approximate surface area is 81.3 Å². The van der Waals surface area contributed by atoms with Crippen LogP contribution in [-0.4, -0.2) is 5.75 Å². The molecule has 0 spiro atoms. The first-order valence-electron chi connectivity index (χ1n) is 3.59. The van der Waals surface area contributed by atoms with Crippen molar-refractivity contribution in [3.8, 4) is 6.07 Å². The third-order valence-corrected chi connectivity index (χ3v) is 2.82. The van der Waals surface area contributed by atoms with E-state index in [1.807, 2.05) is 24.3 Å². The van der Waals surface area contributed by atoms with E-state index in [1.165, 1.54) is 0 Å². The van der Waals surface area contributed by atoms with Crippen molar-refractivity contribution in [2.24, 2.45) is 0 Å². The standard InChI is InChI=1S/C9H8ClNS/c10-8-4-1-2-5-9(8)12-7-3-6-11/h1-2,4-5H,3,7H2. The summed E-state index contributed by atoms with van der Waals surface area (Å²) in [5, 5.41) is 9.08. The van der Waals surface area contributed by atoms with Crippen LogP contribution >= 0.6 is 23.4 Å². The van der Waals surface area contributed by atoms with E-state index in [9.17, 15) is 0 Å². The Morgan fingerprint density at radius 3 is 2.83 bits per heavy atom. The van der Waals surface area contributed by atoms with E-state index in [0.717, 1.165) is 15.7 Å². The molecule has 0 heterocycles. The van der Waals surface area contributed by atoms with Gasteiger partial charge in [0.1, 0.15) is 0 Å². The predicted molar refractivity (Wildman–Crippen MR) is 52.4 cm³/mol. The summed E-state index contributed by atoms with van der Waals surface area (Å²) in [6.07, 6.45) is 0.565. The molecular formula is C9H8ClNS. The molecule has 3 heteroatoms. The van der Waals surface area contributed by atoms with E-state index < -0.39 is 0 Å². The minimum Gasteiger partial charge on any atom is -0.198 e. The molecule has 0 bridgehead atoms. The van der Waals surface area contributed by atoms with Crippen molar-refractivity contribution in [3.05, 3.63) is 29.3 Å². The summed E-state index contributed by atoms with van der Waals surface area (Å²) in [6.45, 7) is 0. The Bertz CT molecular complexity index is 293. The summed E-state index contributed by atoms with van der Waals surface area (Å²) in [4.78, 5) is 1.05. The molecule has 0 unspecified atom stereocenters. The lowest BCUT2D eigenvalue weighted by atomic mass is 10.4. The van der Waals surface area contributed by atoms with Crippen LogP contribution < -0.4 is 0 Å². The summed E-state index contributed by atoms with van der Waals surface area (Å²) in [6, 6.07) is 9.76. The molecule has 62 valence electrons. The van der Waals surface area contributed by atoms with Gasteiger partial charge in [0, 0.05) is 17.1 Å². The van der Waals surface area contributed by atoms with Crippen molar-refractivity contribution in [2.45, 2.75) is 11.3 Å². The first-order chi connectivity index (χ1) is 5.84. The first-order valence-corrected chi connectivity index (χ1v) is 4.95. The number of hydrogen-bond donors (Lipinski definition) is 0. The van der Waals surface area contributed by atoms with Gasteiger partial charge in [0.15, 0.2) is 0 Å². The van der Waals surface area contributed by atoms with Gasteiger partial charge in [-0.3, -0.25) is 0 Å². The van der Waals surface area contributed by atoms with Gasteiger partial charge >= 0.3 is 0 Å². The molecule has 0 radical (unpaired) electrons. The fourth-order valence-electron chi connectivity index (χ4n) is 0.768. The number of nitrogens with zero attached hydrogens (tertiary/aromatic N) is 1. The second-order valence-corrected chi connectivity index (χ2v) is 3.73. The molecule has 0 amide bonds. The molecule has 12 heavy (non-hydrogen) atoms. The van der Waals surface area contributed by atoms with Crippen LogP contribution in [0.15, 0.2) is 29.2 Å². The van der Waals surface area contributed by atoms with E-state index in [2.05, 4.69) is 6.07 Å². The topological polar surface area (TPSA) is 23.8 Å². The Morgan fingerprint density at radius 2 is 2.17 bits per heavy atom. The molecule has 1 aromatic carbocycles. The monoisotopic (exact) mass is 197 g/mol. The molecule has 0 aliphatic carbocycles. The molecule has 0 saturated heterocycles. The van der Waals surface area contributed by atoms with Crippen molar-refractivity contribution < 1.29 is 0 Å². The first kappa shape index (κ1) is 9.44. The molecule has 0 atom stereocenters. The van der Waals surface area contributed by atoms with Crippen molar-refractivity contribution in [1.29, 1.82) is 5.26 Å². The highest BCUT2D eigenvalue weighted by molar-refractivity contribution is 7.99. The second-order valence-electron chi connectivity index (χ2n) is 2.19. The van der Waals surface area contributed by atoms with Crippen LogP contribution in [0.1, 0.15) is 6.42 Å². The third-order valence-electron chi connectivity index (χ3n) is 1.31. The van der Waals surface area contributed by atoms with Crippen molar-refractivity contribution in [1.82, 2.24) is 0 Å². The van der Waals surface area contributed by atoms with Gasteiger partial charge in [-0.25, -0.2) is 0 Å². The smallest absolute Gasteiger partial charge is 0.0630 e. The number of nitriles is 1. The van der Waals surface area contributed by atoms with Crippen LogP contribution in [0.25, 0.3) is 0 Å². The second kappa shape index (κ2) is 5.08. The van der Waals surface area contributed by atoms with E-state index in [0.29, 0.717) is 6.42 Å². The number of benzene rings is 1. The molecule has 0 N–H and O–H groups in total. The molecule has 0 fully saturated rings. The molecule has 0 aliphatic heterocycles. The zero-order chi connectivity index (χ0) is 8.81. The zero-order valence-electron chi connectivity index (χ0n) is 6.46. The van der Waals surface area contributed by atoms with Crippen LogP contribution in [0, 0.1) is 11.3 Å². The quantitative estimate of drug-likeness (QED) is 0.548. The number of hydrogen-bond acceptors (Lipinski definition) is 2. The predicted octanol–water partition coefficient (Wildman–Crippen LogP) is 3.35. The Balaban J connectivity index is 2.53. The third kappa shape index (κ3) is 2.77. The molecule has 0 aliphatic rings. The fourth-order valence-corrected chi connectivity index (χ4v) is 1.86. The van der Waals surface area contributed by atoms with Crippen molar-refractivity contribution in [3.63, 3.8) is 0 Å². The molecule has 1 rings (SSSR count). The highest BCUT2D eigenvalue weighted by atomic mass is 35.5. The largest absolute Gasteiger partial charge is 0.198 e. The lowest BCUT2D eigenvalue weighted by Gasteiger charge is -1.99. The molecule has 0 saturated carbocycles. The van der Waals surface area contributed by atoms with Gasteiger partial charge < -0.3 is 0 Å². The fraction of sp³-hybridized carbons (Fsp3) is 0.222. The number of rotatable bonds is 3. The molecule has 1 aromatic rings. The summed E-state index contributed by atoms with van der Waals surface area (Å²) in [7, 11) is 0. The highest BCUT2D eigenvalue weighted by Crippen LogP contribution is 2.26.